The van der Waals surface area contributed by atoms with E-state index in [9.17, 15) is 4.79 Å². The Morgan fingerprint density at radius 1 is 1.27 bits per heavy atom. The predicted octanol–water partition coefficient (Wildman–Crippen LogP) is 1.91. The van der Waals surface area contributed by atoms with Crippen LogP contribution in [0.5, 0.6) is 0 Å². The summed E-state index contributed by atoms with van der Waals surface area (Å²) < 4.78 is 5.89. The van der Waals surface area contributed by atoms with E-state index in [-0.39, 0.29) is 30.0 Å². The van der Waals surface area contributed by atoms with Crippen molar-refractivity contribution in [3.8, 4) is 0 Å². The Hall–Kier alpha value is -0.910. The highest BCUT2D eigenvalue weighted by Gasteiger charge is 2.55. The van der Waals surface area contributed by atoms with Crippen molar-refractivity contribution in [2.45, 2.75) is 45.1 Å². The van der Waals surface area contributed by atoms with Crippen molar-refractivity contribution in [2.75, 3.05) is 45.9 Å². The maximum absolute atomic E-state index is 12.7. The Labute approximate surface area is 157 Å². The molecule has 26 heavy (non-hydrogen) atoms. The van der Waals surface area contributed by atoms with Crippen LogP contribution in [0.2, 0.25) is 0 Å². The summed E-state index contributed by atoms with van der Waals surface area (Å²) in [6, 6.07) is 0. The fraction of sp³-hybridized carbons (Fsp3) is 0.857. The highest BCUT2D eigenvalue weighted by atomic mass is 16.6. The lowest BCUT2D eigenvalue weighted by Gasteiger charge is -2.50. The predicted molar refractivity (Wildman–Crippen MR) is 101 cm³/mol. The van der Waals surface area contributed by atoms with E-state index < -0.39 is 0 Å². The second-order valence-electron chi connectivity index (χ2n) is 9.27. The smallest absolute Gasteiger partial charge is 0.310 e. The second kappa shape index (κ2) is 7.25. The van der Waals surface area contributed by atoms with E-state index in [4.69, 9.17) is 9.84 Å². The van der Waals surface area contributed by atoms with Gasteiger partial charge in [-0.3, -0.25) is 14.6 Å². The fourth-order valence-electron chi connectivity index (χ4n) is 6.08. The molecule has 0 radical (unpaired) electrons. The Balaban J connectivity index is 1.41. The van der Waals surface area contributed by atoms with Crippen LogP contribution in [0.25, 0.3) is 0 Å². The summed E-state index contributed by atoms with van der Waals surface area (Å²) >= 11 is 0. The quantitative estimate of drug-likeness (QED) is 0.612. The molecular weight excluding hydrogens is 328 g/mol. The third-order valence-corrected chi connectivity index (χ3v) is 7.66. The first-order valence-electron chi connectivity index (χ1n) is 10.4. The normalized spacial score (nSPS) is 41.6. The van der Waals surface area contributed by atoms with Crippen LogP contribution in [0.15, 0.2) is 12.2 Å². The van der Waals surface area contributed by atoms with Crippen molar-refractivity contribution in [3.05, 3.63) is 12.2 Å². The zero-order valence-corrected chi connectivity index (χ0v) is 16.2. The van der Waals surface area contributed by atoms with E-state index in [1.807, 2.05) is 0 Å². The first-order valence-corrected chi connectivity index (χ1v) is 10.4. The fourth-order valence-corrected chi connectivity index (χ4v) is 6.08. The molecular formula is C21H34N2O3. The van der Waals surface area contributed by atoms with Gasteiger partial charge in [0, 0.05) is 45.2 Å². The van der Waals surface area contributed by atoms with Gasteiger partial charge in [-0.25, -0.2) is 0 Å². The van der Waals surface area contributed by atoms with E-state index in [2.05, 4.69) is 23.3 Å². The number of carbonyl (C=O) groups is 1. The van der Waals surface area contributed by atoms with Crippen LogP contribution < -0.4 is 0 Å². The van der Waals surface area contributed by atoms with Gasteiger partial charge in [0.25, 0.3) is 0 Å². The molecule has 2 heterocycles. The highest BCUT2D eigenvalue weighted by molar-refractivity contribution is 5.75. The zero-order chi connectivity index (χ0) is 18.3. The molecule has 0 aromatic rings. The molecule has 5 nitrogen and oxygen atoms in total. The Bertz CT molecular complexity index is 557. The number of aliphatic hydroxyl groups is 1. The summed E-state index contributed by atoms with van der Waals surface area (Å²) in [5.74, 6) is 0.996. The van der Waals surface area contributed by atoms with Crippen LogP contribution >= 0.6 is 0 Å². The number of nitrogens with zero attached hydrogens (tertiary/aromatic N) is 2. The molecule has 1 N–H and O–H groups in total. The minimum atomic E-state index is 0.0312. The molecule has 146 valence electrons. The van der Waals surface area contributed by atoms with E-state index in [1.54, 1.807) is 0 Å². The standard InChI is InChI=1S/C21H34N2O3/c1-15-4-3-5-21(2)13-19-16(12-18(15)21)17(20(25)26-19)14-23-8-6-22(7-9-23)10-11-24/h16-19,24H,1,3-14H2,2H3. The number of hydrogen-bond acceptors (Lipinski definition) is 5. The van der Waals surface area contributed by atoms with Crippen LogP contribution in [0, 0.1) is 23.2 Å². The molecule has 0 aromatic heterocycles. The number of allylic oxidation sites excluding steroid dienone is 1. The first-order chi connectivity index (χ1) is 12.5. The average Bonchev–Trinajstić information content (AvgIpc) is 2.89. The largest absolute Gasteiger partial charge is 0.462 e. The minimum absolute atomic E-state index is 0.0312. The van der Waals surface area contributed by atoms with Gasteiger partial charge in [-0.1, -0.05) is 19.1 Å². The van der Waals surface area contributed by atoms with E-state index in [0.717, 1.165) is 58.5 Å². The highest BCUT2D eigenvalue weighted by Crippen LogP contribution is 2.56. The van der Waals surface area contributed by atoms with Gasteiger partial charge in [-0.15, -0.1) is 0 Å². The van der Waals surface area contributed by atoms with Crippen LogP contribution in [0.4, 0.5) is 0 Å². The molecule has 4 aliphatic rings. The number of hydrogen-bond donors (Lipinski definition) is 1. The van der Waals surface area contributed by atoms with Gasteiger partial charge in [0.2, 0.25) is 0 Å². The van der Waals surface area contributed by atoms with Gasteiger partial charge in [0.1, 0.15) is 6.10 Å². The minimum Gasteiger partial charge on any atom is -0.462 e. The molecule has 0 amide bonds. The molecule has 0 spiro atoms. The number of ether oxygens (including phenoxy) is 1. The molecule has 2 saturated heterocycles. The van der Waals surface area contributed by atoms with Crippen molar-refractivity contribution >= 4 is 5.97 Å². The monoisotopic (exact) mass is 362 g/mol. The van der Waals surface area contributed by atoms with Crippen molar-refractivity contribution in [1.82, 2.24) is 9.80 Å². The van der Waals surface area contributed by atoms with Crippen molar-refractivity contribution in [3.63, 3.8) is 0 Å². The maximum atomic E-state index is 12.7. The van der Waals surface area contributed by atoms with Crippen LogP contribution in [-0.2, 0) is 9.53 Å². The lowest BCUT2D eigenvalue weighted by molar-refractivity contribution is -0.146. The van der Waals surface area contributed by atoms with Crippen LogP contribution in [0.3, 0.4) is 0 Å². The summed E-state index contributed by atoms with van der Waals surface area (Å²) in [5, 5.41) is 9.09. The van der Waals surface area contributed by atoms with Crippen LogP contribution in [0.1, 0.15) is 39.0 Å². The number of β-amino-alcohol motifs (C(OH)–C–C–N with tert-alkyl or cyclic N) is 1. The molecule has 2 aliphatic carbocycles. The third-order valence-electron chi connectivity index (χ3n) is 7.66. The third kappa shape index (κ3) is 3.34. The van der Waals surface area contributed by atoms with Gasteiger partial charge >= 0.3 is 5.97 Å². The van der Waals surface area contributed by atoms with E-state index >= 15 is 0 Å². The maximum Gasteiger partial charge on any atom is 0.310 e. The summed E-state index contributed by atoms with van der Waals surface area (Å²) in [5.41, 5.74) is 1.69. The van der Waals surface area contributed by atoms with Crippen molar-refractivity contribution < 1.29 is 14.6 Å². The molecule has 4 fully saturated rings. The van der Waals surface area contributed by atoms with E-state index in [1.165, 1.54) is 18.4 Å². The molecule has 5 unspecified atom stereocenters. The number of carbonyl (C=O) groups excluding carboxylic acids is 1. The van der Waals surface area contributed by atoms with Gasteiger partial charge in [0.15, 0.2) is 0 Å². The second-order valence-corrected chi connectivity index (χ2v) is 9.27. The Kier molecular flexibility index (Phi) is 5.15. The zero-order valence-electron chi connectivity index (χ0n) is 16.2. The van der Waals surface area contributed by atoms with Gasteiger partial charge < -0.3 is 9.84 Å². The summed E-state index contributed by atoms with van der Waals surface area (Å²) in [4.78, 5) is 17.4. The Morgan fingerprint density at radius 2 is 2.00 bits per heavy atom. The van der Waals surface area contributed by atoms with Crippen LogP contribution in [-0.4, -0.2) is 72.9 Å². The number of esters is 1. The number of piperazine rings is 1. The first kappa shape index (κ1) is 18.5. The summed E-state index contributed by atoms with van der Waals surface area (Å²) in [7, 11) is 0. The summed E-state index contributed by atoms with van der Waals surface area (Å²) in [6.07, 6.45) is 5.86. The SMILES string of the molecule is C=C1CCCC2(C)CC3OC(=O)C(CN4CCN(CCO)CC4)C3CC12. The average molecular weight is 363 g/mol. The number of fused-ring (bicyclic) bond motifs is 2. The van der Waals surface area contributed by atoms with E-state index in [0.29, 0.717) is 11.8 Å². The lowest BCUT2D eigenvalue weighted by atomic mass is 9.55. The topological polar surface area (TPSA) is 53.0 Å². The van der Waals surface area contributed by atoms with Gasteiger partial charge in [0.05, 0.1) is 12.5 Å². The van der Waals surface area contributed by atoms with Gasteiger partial charge in [-0.05, 0) is 43.4 Å². The lowest BCUT2D eigenvalue weighted by Crippen LogP contribution is -2.50. The van der Waals surface area contributed by atoms with Crippen molar-refractivity contribution in [1.29, 1.82) is 0 Å². The molecule has 5 heteroatoms. The number of aliphatic hydroxyl groups excluding tert-OH is 1. The Morgan fingerprint density at radius 3 is 2.73 bits per heavy atom. The molecule has 0 bridgehead atoms. The summed E-state index contributed by atoms with van der Waals surface area (Å²) in [6.45, 7) is 12.5. The molecule has 4 rings (SSSR count). The van der Waals surface area contributed by atoms with Gasteiger partial charge in [-0.2, -0.15) is 0 Å². The van der Waals surface area contributed by atoms with Crippen molar-refractivity contribution in [2.24, 2.45) is 23.2 Å². The number of rotatable bonds is 4. The molecule has 5 atom stereocenters. The molecule has 2 saturated carbocycles. The molecule has 2 aliphatic heterocycles. The molecule has 0 aromatic carbocycles.